The van der Waals surface area contributed by atoms with Crippen LogP contribution < -0.4 is 16.2 Å². The van der Waals surface area contributed by atoms with E-state index < -0.39 is 52.8 Å². The summed E-state index contributed by atoms with van der Waals surface area (Å²) in [5, 5.41) is 21.1. The van der Waals surface area contributed by atoms with E-state index in [1.807, 2.05) is 26.1 Å². The summed E-state index contributed by atoms with van der Waals surface area (Å²) in [4.78, 5) is 25.3. The monoisotopic (exact) mass is 568 g/mol. The van der Waals surface area contributed by atoms with Crippen LogP contribution in [0.2, 0.25) is 5.02 Å². The molecular weight excluding hydrogens is 536 g/mol. The fourth-order valence-electron chi connectivity index (χ4n) is 4.58. The van der Waals surface area contributed by atoms with Crippen molar-refractivity contribution in [2.75, 3.05) is 20.2 Å². The molecule has 38 heavy (non-hydrogen) atoms. The average molecular weight is 569 g/mol. The number of hydrogen-bond acceptors (Lipinski definition) is 8. The smallest absolute Gasteiger partial charge is 0.252 e. The van der Waals surface area contributed by atoms with Crippen molar-refractivity contribution in [3.05, 3.63) is 64.2 Å². The molecule has 2 aromatic carbocycles. The van der Waals surface area contributed by atoms with Crippen molar-refractivity contribution < 1.29 is 33.0 Å². The van der Waals surface area contributed by atoms with Crippen LogP contribution in [0.15, 0.2) is 47.4 Å². The van der Waals surface area contributed by atoms with E-state index in [1.54, 1.807) is 18.2 Å². The molecule has 13 heteroatoms. The lowest BCUT2D eigenvalue weighted by atomic mass is 9.86. The summed E-state index contributed by atoms with van der Waals surface area (Å²) in [5.74, 6) is -2.90. The molecule has 3 unspecified atom stereocenters. The molecule has 0 aromatic heterocycles. The number of nitrogens with zero attached hydrogens (tertiary/aromatic N) is 1. The van der Waals surface area contributed by atoms with Gasteiger partial charge in [0.2, 0.25) is 15.9 Å². The minimum atomic E-state index is -4.02. The normalized spacial score (nSPS) is 19.2. The molecule has 7 N–H and O–H groups in total. The molecular formula is C25H33ClN4O7S. The standard InChI is InChI=1S/C25H33ClN4O7S/c1-15-10-18-16(13-30(2)14-19(18)20(26)11-15)12-21(29-38(35,36)17-6-4-3-5-7-17)37-9-8-25(34,24(28)33)22(31)23(27)32/h3-7,10-11,16,21-22,29,31,34H,8-9,12-14H2,1-2H3,(H2,27,32)(H2,28,33)/t16?,21-,22?,25?/m1/s1. The Hall–Kier alpha value is -2.58. The number of ether oxygens (including phenoxy) is 1. The minimum Gasteiger partial charge on any atom is -0.380 e. The van der Waals surface area contributed by atoms with Crippen LogP contribution in [0, 0.1) is 6.92 Å². The van der Waals surface area contributed by atoms with Crippen molar-refractivity contribution in [3.63, 3.8) is 0 Å². The highest BCUT2D eigenvalue weighted by molar-refractivity contribution is 7.89. The summed E-state index contributed by atoms with van der Waals surface area (Å²) in [6, 6.07) is 11.6. The van der Waals surface area contributed by atoms with Crippen LogP contribution in [-0.2, 0) is 30.9 Å². The van der Waals surface area contributed by atoms with Gasteiger partial charge in [-0.15, -0.1) is 0 Å². The van der Waals surface area contributed by atoms with Crippen LogP contribution in [0.3, 0.4) is 0 Å². The van der Waals surface area contributed by atoms with Crippen LogP contribution in [-0.4, -0.2) is 73.5 Å². The van der Waals surface area contributed by atoms with Gasteiger partial charge in [-0.1, -0.05) is 35.9 Å². The lowest BCUT2D eigenvalue weighted by Crippen LogP contribution is -2.58. The first-order valence-corrected chi connectivity index (χ1v) is 13.8. The molecule has 1 heterocycles. The molecule has 0 aliphatic carbocycles. The zero-order chi connectivity index (χ0) is 28.3. The summed E-state index contributed by atoms with van der Waals surface area (Å²) in [5.41, 5.74) is 10.4. The predicted octanol–water partition coefficient (Wildman–Crippen LogP) is 0.341. The number of benzene rings is 2. The molecule has 0 saturated carbocycles. The zero-order valence-electron chi connectivity index (χ0n) is 21.1. The van der Waals surface area contributed by atoms with Crippen molar-refractivity contribution in [1.82, 2.24) is 9.62 Å². The summed E-state index contributed by atoms with van der Waals surface area (Å²) in [6.07, 6.45) is -3.82. The number of nitrogens with one attached hydrogen (secondary N) is 1. The maximum Gasteiger partial charge on any atom is 0.252 e. The molecule has 0 radical (unpaired) electrons. The number of primary amides is 2. The third kappa shape index (κ3) is 6.89. The Morgan fingerprint density at radius 1 is 1.26 bits per heavy atom. The van der Waals surface area contributed by atoms with E-state index in [2.05, 4.69) is 9.62 Å². The number of likely N-dealkylation sites (N-methyl/N-ethyl adjacent to an activating group) is 1. The van der Waals surface area contributed by atoms with Crippen LogP contribution >= 0.6 is 11.6 Å². The molecule has 4 atom stereocenters. The number of carbonyl (C=O) groups excluding carboxylic acids is 2. The molecule has 208 valence electrons. The lowest BCUT2D eigenvalue weighted by molar-refractivity contribution is -0.162. The number of aryl methyl sites for hydroxylation is 1. The number of halogens is 1. The van der Waals surface area contributed by atoms with Crippen LogP contribution in [0.1, 0.15) is 35.4 Å². The van der Waals surface area contributed by atoms with Gasteiger partial charge in [-0.3, -0.25) is 9.59 Å². The molecule has 0 spiro atoms. The number of carbonyl (C=O) groups is 2. The quantitative estimate of drug-likeness (QED) is 0.227. The van der Waals surface area contributed by atoms with Crippen molar-refractivity contribution in [2.24, 2.45) is 11.5 Å². The Balaban J connectivity index is 1.89. The largest absolute Gasteiger partial charge is 0.380 e. The topological polar surface area (TPSA) is 185 Å². The molecule has 1 aliphatic rings. The van der Waals surface area contributed by atoms with E-state index in [9.17, 15) is 28.2 Å². The van der Waals surface area contributed by atoms with Gasteiger partial charge in [0.1, 0.15) is 6.23 Å². The molecule has 3 rings (SSSR count). The van der Waals surface area contributed by atoms with E-state index in [4.69, 9.17) is 27.8 Å². The van der Waals surface area contributed by atoms with Gasteiger partial charge in [0, 0.05) is 30.5 Å². The van der Waals surface area contributed by atoms with Gasteiger partial charge >= 0.3 is 0 Å². The first-order valence-electron chi connectivity index (χ1n) is 11.9. The van der Waals surface area contributed by atoms with Crippen molar-refractivity contribution in [1.29, 1.82) is 0 Å². The highest BCUT2D eigenvalue weighted by Gasteiger charge is 2.45. The van der Waals surface area contributed by atoms with Gasteiger partial charge in [-0.2, -0.15) is 4.72 Å². The van der Waals surface area contributed by atoms with E-state index in [0.717, 1.165) is 16.7 Å². The van der Waals surface area contributed by atoms with E-state index in [0.29, 0.717) is 18.1 Å². The molecule has 2 amide bonds. The van der Waals surface area contributed by atoms with Gasteiger partial charge in [-0.25, -0.2) is 8.42 Å². The second kappa shape index (κ2) is 12.1. The molecule has 11 nitrogen and oxygen atoms in total. The third-order valence-corrected chi connectivity index (χ3v) is 8.37. The number of fused-ring (bicyclic) bond motifs is 1. The number of amides is 2. The Morgan fingerprint density at radius 3 is 2.53 bits per heavy atom. The highest BCUT2D eigenvalue weighted by Crippen LogP contribution is 2.36. The van der Waals surface area contributed by atoms with Crippen LogP contribution in [0.5, 0.6) is 0 Å². The maximum atomic E-state index is 13.1. The second-order valence-electron chi connectivity index (χ2n) is 9.58. The Bertz CT molecular complexity index is 1280. The number of aliphatic hydroxyl groups excluding tert-OH is 1. The Kier molecular flexibility index (Phi) is 9.52. The van der Waals surface area contributed by atoms with Crippen molar-refractivity contribution in [3.8, 4) is 0 Å². The minimum absolute atomic E-state index is 0.0199. The summed E-state index contributed by atoms with van der Waals surface area (Å²) in [6.45, 7) is 2.70. The van der Waals surface area contributed by atoms with Crippen molar-refractivity contribution >= 4 is 33.4 Å². The highest BCUT2D eigenvalue weighted by atomic mass is 35.5. The molecule has 2 aromatic rings. The van der Waals surface area contributed by atoms with Gasteiger partial charge in [0.25, 0.3) is 5.91 Å². The summed E-state index contributed by atoms with van der Waals surface area (Å²) >= 11 is 6.52. The fourth-order valence-corrected chi connectivity index (χ4v) is 6.08. The molecule has 0 saturated heterocycles. The second-order valence-corrected chi connectivity index (χ2v) is 11.7. The first kappa shape index (κ1) is 30.0. The van der Waals surface area contributed by atoms with E-state index in [1.165, 1.54) is 12.1 Å². The molecule has 0 fully saturated rings. The van der Waals surface area contributed by atoms with E-state index in [-0.39, 0.29) is 17.2 Å². The molecule has 1 aliphatic heterocycles. The number of sulfonamides is 1. The fraction of sp³-hybridized carbons (Fsp3) is 0.440. The summed E-state index contributed by atoms with van der Waals surface area (Å²) in [7, 11) is -2.10. The van der Waals surface area contributed by atoms with Crippen LogP contribution in [0.4, 0.5) is 0 Å². The van der Waals surface area contributed by atoms with Crippen LogP contribution in [0.25, 0.3) is 0 Å². The Morgan fingerprint density at radius 2 is 1.92 bits per heavy atom. The average Bonchev–Trinajstić information content (AvgIpc) is 2.84. The molecule has 0 bridgehead atoms. The van der Waals surface area contributed by atoms with E-state index >= 15 is 0 Å². The Labute approximate surface area is 226 Å². The number of rotatable bonds is 12. The lowest BCUT2D eigenvalue weighted by Gasteiger charge is -2.35. The van der Waals surface area contributed by atoms with Gasteiger partial charge in [0.15, 0.2) is 11.7 Å². The van der Waals surface area contributed by atoms with Gasteiger partial charge in [0.05, 0.1) is 11.5 Å². The van der Waals surface area contributed by atoms with Gasteiger partial charge in [-0.05, 0) is 55.3 Å². The predicted molar refractivity (Wildman–Crippen MR) is 140 cm³/mol. The number of aliphatic hydroxyl groups is 2. The van der Waals surface area contributed by atoms with Crippen molar-refractivity contribution in [2.45, 2.75) is 55.1 Å². The maximum absolute atomic E-state index is 13.1. The SMILES string of the molecule is Cc1cc(Cl)c2c(c1)C(C[C@H](NS(=O)(=O)c1ccccc1)OCCC(O)(C(N)=O)C(O)C(N)=O)CN(C)C2. The number of nitrogens with two attached hydrogens (primary N) is 2. The number of hydrogen-bond donors (Lipinski definition) is 5. The summed E-state index contributed by atoms with van der Waals surface area (Å²) < 4.78 is 34.6. The zero-order valence-corrected chi connectivity index (χ0v) is 22.7. The first-order chi connectivity index (χ1) is 17.7. The third-order valence-electron chi connectivity index (χ3n) is 6.56. The van der Waals surface area contributed by atoms with Gasteiger partial charge < -0.3 is 31.3 Å².